The van der Waals surface area contributed by atoms with Gasteiger partial charge in [0.1, 0.15) is 5.82 Å². The Morgan fingerprint density at radius 3 is 2.57 bits per heavy atom. The minimum atomic E-state index is -0.166. The summed E-state index contributed by atoms with van der Waals surface area (Å²) in [5, 5.41) is 5.85. The highest BCUT2D eigenvalue weighted by Gasteiger charge is 2.11. The van der Waals surface area contributed by atoms with Crippen LogP contribution in [0.3, 0.4) is 0 Å². The molecule has 0 bridgehead atoms. The molecule has 0 aliphatic rings. The molecule has 112 valence electrons. The Bertz CT molecular complexity index is 616. The van der Waals surface area contributed by atoms with Crippen LogP contribution in [0, 0.1) is 6.92 Å². The van der Waals surface area contributed by atoms with Gasteiger partial charge in [-0.2, -0.15) is 0 Å². The number of hydrogen-bond acceptors (Lipinski definition) is 4. The number of rotatable bonds is 3. The topological polar surface area (TPSA) is 66.9 Å². The molecule has 1 heterocycles. The molecule has 0 radical (unpaired) electrons. The number of halogens is 1. The Labute approximate surface area is 129 Å². The average Bonchev–Trinajstić information content (AvgIpc) is 2.52. The fourth-order valence-corrected chi connectivity index (χ4v) is 1.73. The minimum Gasteiger partial charge on any atom is -0.355 e. The van der Waals surface area contributed by atoms with E-state index in [4.69, 9.17) is 11.6 Å². The van der Waals surface area contributed by atoms with Crippen molar-refractivity contribution >= 4 is 29.0 Å². The van der Waals surface area contributed by atoms with Crippen LogP contribution in [0.25, 0.3) is 0 Å². The van der Waals surface area contributed by atoms with E-state index in [1.54, 1.807) is 31.4 Å². The Morgan fingerprint density at radius 2 is 1.90 bits per heavy atom. The normalized spacial score (nSPS) is 9.38. The Kier molecular flexibility index (Phi) is 6.62. The maximum Gasteiger partial charge on any atom is 0.253 e. The molecule has 6 heteroatoms. The van der Waals surface area contributed by atoms with Crippen LogP contribution >= 0.6 is 11.6 Å². The van der Waals surface area contributed by atoms with E-state index in [1.165, 1.54) is 0 Å². The molecule has 0 aliphatic carbocycles. The first-order valence-electron chi connectivity index (χ1n) is 6.69. The number of nitrogens with zero attached hydrogens (tertiary/aromatic N) is 2. The number of carbonyl (C=O) groups excluding carboxylic acids is 1. The van der Waals surface area contributed by atoms with Gasteiger partial charge in [-0.15, -0.1) is 0 Å². The molecule has 0 unspecified atom stereocenters. The number of aromatic nitrogens is 2. The van der Waals surface area contributed by atoms with Crippen molar-refractivity contribution in [2.24, 2.45) is 0 Å². The van der Waals surface area contributed by atoms with E-state index in [1.807, 2.05) is 26.8 Å². The van der Waals surface area contributed by atoms with Crippen molar-refractivity contribution in [2.45, 2.75) is 20.8 Å². The maximum absolute atomic E-state index is 11.8. The fourth-order valence-electron chi connectivity index (χ4n) is 1.60. The molecule has 0 fully saturated rings. The molecular weight excluding hydrogens is 288 g/mol. The molecular formula is C15H19ClN4O. The van der Waals surface area contributed by atoms with Gasteiger partial charge >= 0.3 is 0 Å². The molecule has 2 rings (SSSR count). The van der Waals surface area contributed by atoms with Crippen molar-refractivity contribution < 1.29 is 4.79 Å². The predicted molar refractivity (Wildman–Crippen MR) is 86.2 cm³/mol. The van der Waals surface area contributed by atoms with Gasteiger partial charge in [-0.05, 0) is 30.7 Å². The zero-order chi connectivity index (χ0) is 15.8. The quantitative estimate of drug-likeness (QED) is 0.851. The third-order valence-corrected chi connectivity index (χ3v) is 2.78. The van der Waals surface area contributed by atoms with Gasteiger partial charge in [0.2, 0.25) is 5.28 Å². The number of nitrogens with one attached hydrogen (secondary N) is 2. The fraction of sp³-hybridized carbons (Fsp3) is 0.267. The molecule has 0 atom stereocenters. The number of hydrogen-bond donors (Lipinski definition) is 2. The lowest BCUT2D eigenvalue weighted by Crippen LogP contribution is -2.19. The van der Waals surface area contributed by atoms with Crippen LogP contribution in [0.4, 0.5) is 11.5 Å². The highest BCUT2D eigenvalue weighted by atomic mass is 35.5. The van der Waals surface area contributed by atoms with Gasteiger partial charge in [0.15, 0.2) is 0 Å². The second-order valence-corrected chi connectivity index (χ2v) is 4.26. The Morgan fingerprint density at radius 1 is 1.24 bits per heavy atom. The van der Waals surface area contributed by atoms with Crippen molar-refractivity contribution in [2.75, 3.05) is 12.4 Å². The summed E-state index contributed by atoms with van der Waals surface area (Å²) in [6, 6.07) is 7.18. The van der Waals surface area contributed by atoms with Crippen LogP contribution in [0.15, 0.2) is 30.5 Å². The van der Waals surface area contributed by atoms with E-state index < -0.39 is 0 Å². The van der Waals surface area contributed by atoms with E-state index in [-0.39, 0.29) is 11.2 Å². The number of amides is 1. The van der Waals surface area contributed by atoms with Crippen LogP contribution in [0.1, 0.15) is 29.8 Å². The Hall–Kier alpha value is -2.14. The van der Waals surface area contributed by atoms with Gasteiger partial charge in [0.05, 0.1) is 11.3 Å². The van der Waals surface area contributed by atoms with Crippen molar-refractivity contribution in [1.29, 1.82) is 0 Å². The van der Waals surface area contributed by atoms with Crippen LogP contribution in [0.5, 0.6) is 0 Å². The van der Waals surface area contributed by atoms with Gasteiger partial charge in [-0.3, -0.25) is 4.79 Å². The first-order valence-corrected chi connectivity index (χ1v) is 7.07. The van der Waals surface area contributed by atoms with Crippen molar-refractivity contribution in [1.82, 2.24) is 15.3 Å². The summed E-state index contributed by atoms with van der Waals surface area (Å²) >= 11 is 5.77. The minimum absolute atomic E-state index is 0.158. The average molecular weight is 307 g/mol. The van der Waals surface area contributed by atoms with E-state index in [0.717, 1.165) is 5.56 Å². The number of benzene rings is 1. The molecule has 1 aromatic carbocycles. The summed E-state index contributed by atoms with van der Waals surface area (Å²) in [6.07, 6.45) is 1.63. The lowest BCUT2D eigenvalue weighted by atomic mass is 10.1. The molecule has 1 amide bonds. The van der Waals surface area contributed by atoms with Gasteiger partial charge < -0.3 is 10.6 Å². The standard InChI is InChI=1S/C13H13ClN4O.C2H6/c1-8-7-16-13(14)18-11(8)17-10-6-4-3-5-9(10)12(19)15-2;1-2/h3-7H,1-2H3,(H,15,19)(H,16,17,18);1-2H3. The zero-order valence-electron chi connectivity index (χ0n) is 12.6. The second-order valence-electron chi connectivity index (χ2n) is 3.92. The van der Waals surface area contributed by atoms with Crippen molar-refractivity contribution in [3.8, 4) is 0 Å². The lowest BCUT2D eigenvalue weighted by Gasteiger charge is -2.12. The van der Waals surface area contributed by atoms with E-state index in [2.05, 4.69) is 20.6 Å². The number of carbonyl (C=O) groups is 1. The SMILES string of the molecule is CC.CNC(=O)c1ccccc1Nc1nc(Cl)ncc1C. The maximum atomic E-state index is 11.8. The number of aryl methyl sites for hydroxylation is 1. The molecule has 0 saturated heterocycles. The third kappa shape index (κ3) is 4.43. The predicted octanol–water partition coefficient (Wildman–Crippen LogP) is 3.57. The first-order chi connectivity index (χ1) is 10.1. The first kappa shape index (κ1) is 16.9. The smallest absolute Gasteiger partial charge is 0.253 e. The summed E-state index contributed by atoms with van der Waals surface area (Å²) in [7, 11) is 1.59. The number of para-hydroxylation sites is 1. The zero-order valence-corrected chi connectivity index (χ0v) is 13.3. The highest BCUT2D eigenvalue weighted by molar-refractivity contribution is 6.28. The summed E-state index contributed by atoms with van der Waals surface area (Å²) < 4.78 is 0. The lowest BCUT2D eigenvalue weighted by molar-refractivity contribution is 0.0964. The van der Waals surface area contributed by atoms with Gasteiger partial charge in [-0.25, -0.2) is 9.97 Å². The molecule has 2 N–H and O–H groups in total. The summed E-state index contributed by atoms with van der Waals surface area (Å²) in [5.74, 6) is 0.414. The van der Waals surface area contributed by atoms with E-state index in [0.29, 0.717) is 17.1 Å². The molecule has 21 heavy (non-hydrogen) atoms. The van der Waals surface area contributed by atoms with Crippen LogP contribution in [0.2, 0.25) is 5.28 Å². The number of anilines is 2. The second kappa shape index (κ2) is 8.21. The molecule has 0 aliphatic heterocycles. The summed E-state index contributed by atoms with van der Waals surface area (Å²) in [6.45, 7) is 5.86. The van der Waals surface area contributed by atoms with Gasteiger partial charge in [0, 0.05) is 18.8 Å². The van der Waals surface area contributed by atoms with Gasteiger partial charge in [-0.1, -0.05) is 26.0 Å². The van der Waals surface area contributed by atoms with Crippen molar-refractivity contribution in [3.63, 3.8) is 0 Å². The third-order valence-electron chi connectivity index (χ3n) is 2.59. The highest BCUT2D eigenvalue weighted by Crippen LogP contribution is 2.22. The van der Waals surface area contributed by atoms with Crippen LogP contribution < -0.4 is 10.6 Å². The monoisotopic (exact) mass is 306 g/mol. The molecule has 5 nitrogen and oxygen atoms in total. The molecule has 2 aromatic rings. The Balaban J connectivity index is 0.00000106. The largest absolute Gasteiger partial charge is 0.355 e. The van der Waals surface area contributed by atoms with Crippen LogP contribution in [-0.2, 0) is 0 Å². The van der Waals surface area contributed by atoms with E-state index >= 15 is 0 Å². The molecule has 0 spiro atoms. The van der Waals surface area contributed by atoms with E-state index in [9.17, 15) is 4.79 Å². The van der Waals surface area contributed by atoms with Gasteiger partial charge in [0.25, 0.3) is 5.91 Å². The van der Waals surface area contributed by atoms with Crippen LogP contribution in [-0.4, -0.2) is 22.9 Å². The summed E-state index contributed by atoms with van der Waals surface area (Å²) in [5.41, 5.74) is 2.05. The molecule has 0 saturated carbocycles. The molecule has 1 aromatic heterocycles. The van der Waals surface area contributed by atoms with Crippen molar-refractivity contribution in [3.05, 3.63) is 46.9 Å². The summed E-state index contributed by atoms with van der Waals surface area (Å²) in [4.78, 5) is 19.8.